The summed E-state index contributed by atoms with van der Waals surface area (Å²) in [6.45, 7) is 1.45. The number of aliphatic hydroxyl groups is 3. The first kappa shape index (κ1) is 14.5. The van der Waals surface area contributed by atoms with Gasteiger partial charge in [0, 0.05) is 11.8 Å². The first-order chi connectivity index (χ1) is 10.0. The van der Waals surface area contributed by atoms with Crippen molar-refractivity contribution < 1.29 is 20.1 Å². The van der Waals surface area contributed by atoms with Crippen molar-refractivity contribution in [2.45, 2.75) is 31.3 Å². The first-order valence-corrected chi connectivity index (χ1v) is 6.91. The van der Waals surface area contributed by atoms with E-state index in [1.165, 1.54) is 0 Å². The summed E-state index contributed by atoms with van der Waals surface area (Å²) in [6.07, 6.45) is -2.34. The fraction of sp³-hybridized carbons (Fsp3) is 0.462. The van der Waals surface area contributed by atoms with Crippen LogP contribution in [0.4, 0.5) is 0 Å². The molecular formula is C13H15N3O4S. The lowest BCUT2D eigenvalue weighted by Gasteiger charge is -2.15. The molecule has 8 heteroatoms. The monoisotopic (exact) mass is 309 g/mol. The Hall–Kier alpha value is -1.45. The maximum absolute atomic E-state index is 10.1. The summed E-state index contributed by atoms with van der Waals surface area (Å²) in [5.74, 6) is 0. The third-order valence-corrected chi connectivity index (χ3v) is 3.89. The van der Waals surface area contributed by atoms with Gasteiger partial charge in [-0.3, -0.25) is 4.98 Å². The van der Waals surface area contributed by atoms with Crippen molar-refractivity contribution in [3.05, 3.63) is 28.2 Å². The second kappa shape index (κ2) is 5.39. The molecule has 112 valence electrons. The van der Waals surface area contributed by atoms with Gasteiger partial charge in [0.25, 0.3) is 0 Å². The molecule has 3 rings (SSSR count). The van der Waals surface area contributed by atoms with E-state index in [0.717, 1.165) is 5.69 Å². The summed E-state index contributed by atoms with van der Waals surface area (Å²) in [5, 5.41) is 29.0. The quantitative estimate of drug-likeness (QED) is 0.584. The van der Waals surface area contributed by atoms with Gasteiger partial charge in [0.2, 0.25) is 0 Å². The van der Waals surface area contributed by atoms with Gasteiger partial charge >= 0.3 is 0 Å². The van der Waals surface area contributed by atoms with Crippen LogP contribution in [0.1, 0.15) is 17.4 Å². The van der Waals surface area contributed by atoms with Crippen molar-refractivity contribution in [3.63, 3.8) is 0 Å². The van der Waals surface area contributed by atoms with E-state index in [0.29, 0.717) is 21.4 Å². The van der Waals surface area contributed by atoms with Gasteiger partial charge in [-0.2, -0.15) is 0 Å². The highest BCUT2D eigenvalue weighted by molar-refractivity contribution is 7.71. The third kappa shape index (κ3) is 2.45. The number of fused-ring (bicyclic) bond motifs is 1. The van der Waals surface area contributed by atoms with Crippen LogP contribution in [-0.2, 0) is 4.74 Å². The highest BCUT2D eigenvalue weighted by Gasteiger charge is 2.43. The number of hydrogen-bond acceptors (Lipinski definition) is 7. The van der Waals surface area contributed by atoms with Crippen LogP contribution < -0.4 is 0 Å². The summed E-state index contributed by atoms with van der Waals surface area (Å²) >= 11 is 5.27. The van der Waals surface area contributed by atoms with Crippen molar-refractivity contribution >= 4 is 23.4 Å². The van der Waals surface area contributed by atoms with Crippen molar-refractivity contribution in [3.8, 4) is 0 Å². The van der Waals surface area contributed by atoms with Crippen molar-refractivity contribution in [1.29, 1.82) is 0 Å². The van der Waals surface area contributed by atoms with Crippen LogP contribution in [0.25, 0.3) is 11.2 Å². The lowest BCUT2D eigenvalue weighted by molar-refractivity contribution is -0.0229. The average molecular weight is 309 g/mol. The molecule has 7 nitrogen and oxygen atoms in total. The van der Waals surface area contributed by atoms with E-state index in [1.54, 1.807) is 12.3 Å². The molecule has 0 aliphatic carbocycles. The molecule has 2 unspecified atom stereocenters. The zero-order valence-corrected chi connectivity index (χ0v) is 12.0. The highest BCUT2D eigenvalue weighted by Crippen LogP contribution is 2.34. The third-order valence-electron chi connectivity index (χ3n) is 3.56. The first-order valence-electron chi connectivity index (χ1n) is 6.50. The number of aliphatic hydroxyl groups excluding tert-OH is 3. The molecule has 3 heterocycles. The molecule has 0 amide bonds. The Labute approximate surface area is 125 Å². The minimum absolute atomic E-state index is 0.359. The Morgan fingerprint density at radius 1 is 1.38 bits per heavy atom. The molecule has 2 aromatic heterocycles. The minimum Gasteiger partial charge on any atom is -0.394 e. The van der Waals surface area contributed by atoms with Crippen LogP contribution in [0.3, 0.4) is 0 Å². The molecule has 0 aromatic carbocycles. The largest absolute Gasteiger partial charge is 0.394 e. The van der Waals surface area contributed by atoms with Crippen LogP contribution in [0.2, 0.25) is 0 Å². The van der Waals surface area contributed by atoms with Gasteiger partial charge in [-0.1, -0.05) is 12.2 Å². The van der Waals surface area contributed by atoms with Crippen LogP contribution >= 0.6 is 12.2 Å². The highest BCUT2D eigenvalue weighted by atomic mass is 32.1. The molecule has 21 heavy (non-hydrogen) atoms. The maximum Gasteiger partial charge on any atom is 0.157 e. The van der Waals surface area contributed by atoms with E-state index in [2.05, 4.69) is 15.0 Å². The summed E-state index contributed by atoms with van der Waals surface area (Å²) in [4.78, 5) is 11.5. The average Bonchev–Trinajstić information content (AvgIpc) is 2.74. The standard InChI is InChI=1S/C13H15N3O4S/c1-5-3-14-7-2-6(13(21)16-12(7)15-5)11-10(19)9(18)8(4-17)20-11/h2-3,8-11,17-19H,4H2,1H3,(H,15,16,21)/t8-,9?,10?,11+/m1/s1. The Kier molecular flexibility index (Phi) is 3.72. The number of nitrogens with one attached hydrogen (secondary N) is 1. The van der Waals surface area contributed by atoms with Gasteiger partial charge in [0.1, 0.15) is 34.6 Å². The predicted octanol–water partition coefficient (Wildman–Crippen LogP) is 0.150. The smallest absolute Gasteiger partial charge is 0.157 e. The zero-order valence-electron chi connectivity index (χ0n) is 11.2. The molecule has 1 saturated heterocycles. The molecule has 1 aliphatic rings. The van der Waals surface area contributed by atoms with Crippen LogP contribution in [0.15, 0.2) is 12.3 Å². The van der Waals surface area contributed by atoms with Crippen molar-refractivity contribution in [1.82, 2.24) is 15.0 Å². The van der Waals surface area contributed by atoms with E-state index >= 15 is 0 Å². The number of H-pyrrole nitrogens is 1. The predicted molar refractivity (Wildman–Crippen MR) is 76.2 cm³/mol. The molecule has 0 radical (unpaired) electrons. The summed E-state index contributed by atoms with van der Waals surface area (Å²) in [5.41, 5.74) is 2.41. The lowest BCUT2D eigenvalue weighted by atomic mass is 10.0. The van der Waals surface area contributed by atoms with Gasteiger partial charge < -0.3 is 25.0 Å². The number of aromatic amines is 1. The summed E-state index contributed by atoms with van der Waals surface area (Å²) < 4.78 is 5.85. The van der Waals surface area contributed by atoms with E-state index in [4.69, 9.17) is 22.1 Å². The minimum atomic E-state index is -1.16. The van der Waals surface area contributed by atoms with Gasteiger partial charge in [-0.05, 0) is 13.0 Å². The molecule has 2 aromatic rings. The summed E-state index contributed by atoms with van der Waals surface area (Å²) in [7, 11) is 0. The second-order valence-electron chi connectivity index (χ2n) is 5.06. The van der Waals surface area contributed by atoms with Gasteiger partial charge in [-0.15, -0.1) is 0 Å². The normalized spacial score (nSPS) is 29.1. The number of rotatable bonds is 2. The maximum atomic E-state index is 10.1. The Morgan fingerprint density at radius 2 is 2.14 bits per heavy atom. The van der Waals surface area contributed by atoms with Crippen LogP contribution in [0, 0.1) is 11.6 Å². The number of ether oxygens (including phenoxy) is 1. The molecule has 4 atom stereocenters. The molecule has 4 N–H and O–H groups in total. The number of aromatic nitrogens is 3. The molecular weight excluding hydrogens is 294 g/mol. The summed E-state index contributed by atoms with van der Waals surface area (Å²) in [6, 6.07) is 1.68. The second-order valence-corrected chi connectivity index (χ2v) is 5.47. The zero-order chi connectivity index (χ0) is 15.1. The van der Waals surface area contributed by atoms with Crippen LogP contribution in [-0.4, -0.2) is 55.2 Å². The topological polar surface area (TPSA) is 111 Å². The fourth-order valence-corrected chi connectivity index (χ4v) is 2.72. The molecule has 0 saturated carbocycles. The SMILES string of the molecule is Cc1cnc2cc([C@@H]3O[C@H](CO)C(O)C3O)c(=S)[nH]c2n1. The van der Waals surface area contributed by atoms with E-state index in [1.807, 2.05) is 6.92 Å². The van der Waals surface area contributed by atoms with Crippen molar-refractivity contribution in [2.24, 2.45) is 0 Å². The Balaban J connectivity index is 2.07. The van der Waals surface area contributed by atoms with E-state index in [-0.39, 0.29) is 6.61 Å². The Morgan fingerprint density at radius 3 is 2.81 bits per heavy atom. The fourth-order valence-electron chi connectivity index (χ4n) is 2.44. The van der Waals surface area contributed by atoms with E-state index < -0.39 is 24.4 Å². The van der Waals surface area contributed by atoms with Crippen LogP contribution in [0.5, 0.6) is 0 Å². The van der Waals surface area contributed by atoms with Gasteiger partial charge in [0.05, 0.1) is 12.3 Å². The number of pyridine rings is 1. The number of hydrogen-bond donors (Lipinski definition) is 4. The van der Waals surface area contributed by atoms with Gasteiger partial charge in [0.15, 0.2) is 5.65 Å². The molecule has 0 bridgehead atoms. The molecule has 1 fully saturated rings. The number of aryl methyl sites for hydroxylation is 1. The Bertz CT molecular complexity index is 735. The lowest BCUT2D eigenvalue weighted by Crippen LogP contribution is -2.32. The number of nitrogens with zero attached hydrogens (tertiary/aromatic N) is 2. The van der Waals surface area contributed by atoms with Crippen molar-refractivity contribution in [2.75, 3.05) is 6.61 Å². The molecule has 1 aliphatic heterocycles. The molecule has 0 spiro atoms. The van der Waals surface area contributed by atoms with E-state index in [9.17, 15) is 10.2 Å². The van der Waals surface area contributed by atoms with Gasteiger partial charge in [-0.25, -0.2) is 4.98 Å².